The molecule has 0 saturated heterocycles. The number of anilines is 1. The predicted molar refractivity (Wildman–Crippen MR) is 176 cm³/mol. The molecule has 0 radical (unpaired) electrons. The zero-order valence-electron chi connectivity index (χ0n) is 29.2. The number of ether oxygens (including phenoxy) is 3. The van der Waals surface area contributed by atoms with E-state index in [0.717, 1.165) is 23.9 Å². The van der Waals surface area contributed by atoms with Crippen LogP contribution in [0.25, 0.3) is 0 Å². The third kappa shape index (κ3) is 12.2. The van der Waals surface area contributed by atoms with Gasteiger partial charge in [-0.25, -0.2) is 18.8 Å². The van der Waals surface area contributed by atoms with Gasteiger partial charge in [0, 0.05) is 10.6 Å². The summed E-state index contributed by atoms with van der Waals surface area (Å²) < 4.78 is 71.9. The van der Waals surface area contributed by atoms with E-state index in [9.17, 15) is 37.1 Å². The summed E-state index contributed by atoms with van der Waals surface area (Å²) in [4.78, 5) is 69.6. The Morgan fingerprint density at radius 1 is 0.941 bits per heavy atom. The number of benzene rings is 2. The smallest absolute Gasteiger partial charge is 0.419 e. The minimum absolute atomic E-state index is 0.0126. The number of nitrogens with one attached hydrogen (secondary N) is 3. The molecule has 0 aliphatic carbocycles. The highest BCUT2D eigenvalue weighted by atomic mass is 32.2. The fraction of sp³-hybridized carbons (Fsp3) is 0.485. The van der Waals surface area contributed by atoms with Crippen LogP contribution in [0.1, 0.15) is 71.3 Å². The van der Waals surface area contributed by atoms with Crippen LogP contribution in [-0.4, -0.2) is 71.3 Å². The number of rotatable bonds is 8. The monoisotopic (exact) mass is 744 g/mol. The number of amides is 4. The molecule has 1 heterocycles. The highest BCUT2D eigenvalue weighted by Gasteiger charge is 2.48. The van der Waals surface area contributed by atoms with Crippen LogP contribution in [0, 0.1) is 5.82 Å². The summed E-state index contributed by atoms with van der Waals surface area (Å²) in [5, 5.41) is 3.86. The molecule has 0 spiro atoms. The molecular formula is C33H40F4N4O9S. The van der Waals surface area contributed by atoms with Crippen LogP contribution in [0.5, 0.6) is 5.75 Å². The van der Waals surface area contributed by atoms with Crippen LogP contribution >= 0.6 is 11.8 Å². The zero-order valence-corrected chi connectivity index (χ0v) is 30.0. The maximum Gasteiger partial charge on any atom is 0.419 e. The zero-order chi connectivity index (χ0) is 38.5. The summed E-state index contributed by atoms with van der Waals surface area (Å²) in [6.07, 6.45) is -7.94. The van der Waals surface area contributed by atoms with Crippen LogP contribution in [0.2, 0.25) is 0 Å². The van der Waals surface area contributed by atoms with Gasteiger partial charge in [0.25, 0.3) is 11.8 Å². The molecule has 1 aliphatic rings. The molecule has 51 heavy (non-hydrogen) atoms. The van der Waals surface area contributed by atoms with Gasteiger partial charge in [-0.05, 0) is 85.2 Å². The van der Waals surface area contributed by atoms with Crippen molar-refractivity contribution in [2.75, 3.05) is 10.7 Å². The number of alkyl carbamates (subject to hydrolysis) is 2. The molecule has 13 nitrogen and oxygen atoms in total. The van der Waals surface area contributed by atoms with Crippen LogP contribution < -0.4 is 25.8 Å². The first-order valence-electron chi connectivity index (χ1n) is 15.5. The average molecular weight is 745 g/mol. The van der Waals surface area contributed by atoms with Gasteiger partial charge >= 0.3 is 24.3 Å². The minimum atomic E-state index is -5.37. The molecule has 0 fully saturated rings. The van der Waals surface area contributed by atoms with Crippen molar-refractivity contribution in [3.63, 3.8) is 0 Å². The molecule has 3 rings (SSSR count). The van der Waals surface area contributed by atoms with Gasteiger partial charge in [0.1, 0.15) is 28.8 Å². The number of carbonyl (C=O) groups is 5. The number of hydrogen-bond acceptors (Lipinski definition) is 10. The van der Waals surface area contributed by atoms with Crippen molar-refractivity contribution >= 4 is 47.4 Å². The quantitative estimate of drug-likeness (QED) is 0.172. The number of nitrogens with zero attached hydrogens (tertiary/aromatic N) is 1. The largest absolute Gasteiger partial charge is 0.491 e. The van der Waals surface area contributed by atoms with Gasteiger partial charge in [0.05, 0.1) is 23.9 Å². The molecule has 280 valence electrons. The molecule has 18 heteroatoms. The number of hydrogen-bond donors (Lipinski definition) is 3. The second-order valence-corrected chi connectivity index (χ2v) is 14.6. The molecule has 1 unspecified atom stereocenters. The fourth-order valence-corrected chi connectivity index (χ4v) is 5.43. The summed E-state index contributed by atoms with van der Waals surface area (Å²) in [5.74, 6) is -4.96. The second-order valence-electron chi connectivity index (χ2n) is 13.5. The second kappa shape index (κ2) is 16.1. The Hall–Kier alpha value is -4.74. The summed E-state index contributed by atoms with van der Waals surface area (Å²) in [6, 6.07) is 4.18. The Labute approximate surface area is 296 Å². The predicted octanol–water partition coefficient (Wildman–Crippen LogP) is 5.79. The van der Waals surface area contributed by atoms with Crippen LogP contribution in [-0.2, 0) is 30.4 Å². The lowest BCUT2D eigenvalue weighted by Crippen LogP contribution is -2.53. The summed E-state index contributed by atoms with van der Waals surface area (Å²) in [6.45, 7) is 12.6. The lowest BCUT2D eigenvalue weighted by atomic mass is 10.1. The van der Waals surface area contributed by atoms with Gasteiger partial charge in [-0.15, -0.1) is 11.8 Å². The van der Waals surface area contributed by atoms with Gasteiger partial charge in [0.15, 0.2) is 0 Å². The molecule has 0 bridgehead atoms. The lowest BCUT2D eigenvalue weighted by molar-refractivity contribution is -0.187. The van der Waals surface area contributed by atoms with E-state index >= 15 is 4.39 Å². The van der Waals surface area contributed by atoms with Crippen molar-refractivity contribution in [1.29, 1.82) is 0 Å². The number of halogens is 4. The van der Waals surface area contributed by atoms with Crippen LogP contribution in [0.15, 0.2) is 41.3 Å². The maximum atomic E-state index is 15.4. The van der Waals surface area contributed by atoms with E-state index in [4.69, 9.17) is 14.2 Å². The third-order valence-electron chi connectivity index (χ3n) is 6.35. The Morgan fingerprint density at radius 2 is 1.53 bits per heavy atom. The molecule has 2 atom stereocenters. The van der Waals surface area contributed by atoms with Crippen molar-refractivity contribution in [3.05, 3.63) is 53.3 Å². The standard InChI is InChI=1S/C33H40F4N4O9S/c1-17(2)47-19-11-9-18(10-12-19)15-41-23-13-20(21(34)14-24(23)51-16-22(27(41)43)38-29(45)48-31(3,4)5)26(42)40-50-28(44)25(33(35,36)37)39-30(46)49-32(6,7)8/h9-14,17,22,25H,15-16H2,1-8H3,(H,38,45)(H,39,46)(H,40,42)/t22-,25?/m0/s1. The molecule has 0 saturated carbocycles. The number of carbonyl (C=O) groups excluding carboxylic acids is 5. The number of fused-ring (bicyclic) bond motifs is 1. The van der Waals surface area contributed by atoms with Crippen LogP contribution in [0.3, 0.4) is 0 Å². The Morgan fingerprint density at radius 3 is 2.08 bits per heavy atom. The SMILES string of the molecule is CC(C)Oc1ccc(CN2C(=O)[C@@H](NC(=O)OC(C)(C)C)CSc3cc(F)c(C(=O)NOC(=O)C(NC(=O)OC(C)(C)C)C(F)(F)F)cc32)cc1. The van der Waals surface area contributed by atoms with E-state index in [-0.39, 0.29) is 29.0 Å². The Kier molecular flexibility index (Phi) is 12.8. The van der Waals surface area contributed by atoms with E-state index in [1.54, 1.807) is 45.0 Å². The summed E-state index contributed by atoms with van der Waals surface area (Å²) in [5.41, 5.74) is -0.824. The minimum Gasteiger partial charge on any atom is -0.491 e. The highest BCUT2D eigenvalue weighted by molar-refractivity contribution is 7.99. The van der Waals surface area contributed by atoms with Gasteiger partial charge in [-0.1, -0.05) is 12.1 Å². The van der Waals surface area contributed by atoms with E-state index in [2.05, 4.69) is 10.2 Å². The van der Waals surface area contributed by atoms with Crippen molar-refractivity contribution in [2.45, 2.75) is 102 Å². The topological polar surface area (TPSA) is 162 Å². The Balaban J connectivity index is 1.92. The molecule has 2 aromatic rings. The van der Waals surface area contributed by atoms with Crippen molar-refractivity contribution in [3.8, 4) is 5.75 Å². The average Bonchev–Trinajstić information content (AvgIpc) is 3.08. The first kappa shape index (κ1) is 40.7. The van der Waals surface area contributed by atoms with E-state index < -0.39 is 70.8 Å². The molecule has 0 aromatic heterocycles. The van der Waals surface area contributed by atoms with E-state index in [0.29, 0.717) is 11.3 Å². The van der Waals surface area contributed by atoms with Gasteiger partial charge in [0.2, 0.25) is 6.04 Å². The van der Waals surface area contributed by atoms with Gasteiger partial charge < -0.3 is 29.3 Å². The molecule has 2 aromatic carbocycles. The maximum absolute atomic E-state index is 15.4. The first-order valence-corrected chi connectivity index (χ1v) is 16.5. The summed E-state index contributed by atoms with van der Waals surface area (Å²) >= 11 is 0.987. The third-order valence-corrected chi connectivity index (χ3v) is 7.49. The molecule has 3 N–H and O–H groups in total. The fourth-order valence-electron chi connectivity index (χ4n) is 4.35. The first-order chi connectivity index (χ1) is 23.4. The lowest BCUT2D eigenvalue weighted by Gasteiger charge is -2.27. The van der Waals surface area contributed by atoms with Gasteiger partial charge in [-0.3, -0.25) is 14.9 Å². The van der Waals surface area contributed by atoms with Crippen molar-refractivity contribution < 1.29 is 60.6 Å². The number of hydroxylamine groups is 1. The van der Waals surface area contributed by atoms with Crippen molar-refractivity contribution in [2.24, 2.45) is 0 Å². The molecular weight excluding hydrogens is 704 g/mol. The van der Waals surface area contributed by atoms with E-state index in [1.807, 2.05) is 13.8 Å². The Bertz CT molecular complexity index is 1620. The summed E-state index contributed by atoms with van der Waals surface area (Å²) in [7, 11) is 0. The molecule has 1 aliphatic heterocycles. The van der Waals surface area contributed by atoms with Crippen molar-refractivity contribution in [1.82, 2.24) is 16.1 Å². The molecule has 4 amide bonds. The highest BCUT2D eigenvalue weighted by Crippen LogP contribution is 2.37. The van der Waals surface area contributed by atoms with Crippen LogP contribution in [0.4, 0.5) is 32.8 Å². The van der Waals surface area contributed by atoms with Gasteiger partial charge in [-0.2, -0.15) is 18.7 Å². The normalized spacial score (nSPS) is 15.6. The van der Waals surface area contributed by atoms with E-state index in [1.165, 1.54) is 36.5 Å². The number of alkyl halides is 3. The number of thioether (sulfide) groups is 1.